The van der Waals surface area contributed by atoms with Gasteiger partial charge < -0.3 is 10.6 Å². The maximum atomic E-state index is 13.1. The molecule has 2 aromatic rings. The van der Waals surface area contributed by atoms with Crippen LogP contribution in [0.3, 0.4) is 0 Å². The predicted octanol–water partition coefficient (Wildman–Crippen LogP) is 3.71. The van der Waals surface area contributed by atoms with Crippen LogP contribution in [0, 0.1) is 0 Å². The predicted molar refractivity (Wildman–Crippen MR) is 120 cm³/mol. The second-order valence-corrected chi connectivity index (χ2v) is 8.72. The topological polar surface area (TPSA) is 78.5 Å². The number of benzene rings is 2. The summed E-state index contributed by atoms with van der Waals surface area (Å²) >= 11 is 0. The van der Waals surface area contributed by atoms with Crippen LogP contribution >= 0.6 is 0 Å². The van der Waals surface area contributed by atoms with Gasteiger partial charge in [-0.05, 0) is 49.3 Å². The fourth-order valence-corrected chi connectivity index (χ4v) is 3.80. The van der Waals surface area contributed by atoms with Gasteiger partial charge in [0.05, 0.1) is 0 Å². The number of imide groups is 1. The molecule has 2 atom stereocenters. The molecule has 3 rings (SSSR count). The molecule has 1 saturated heterocycles. The van der Waals surface area contributed by atoms with E-state index in [1.165, 1.54) is 5.56 Å². The van der Waals surface area contributed by atoms with Gasteiger partial charge in [0, 0.05) is 6.04 Å². The lowest BCUT2D eigenvalue weighted by atomic mass is 9.90. The molecule has 0 saturated carbocycles. The highest BCUT2D eigenvalue weighted by molar-refractivity contribution is 6.09. The molecule has 164 valence electrons. The van der Waals surface area contributed by atoms with Gasteiger partial charge in [0.25, 0.3) is 5.91 Å². The van der Waals surface area contributed by atoms with Gasteiger partial charge in [-0.15, -0.1) is 0 Å². The Kier molecular flexibility index (Phi) is 6.78. The first kappa shape index (κ1) is 22.5. The molecule has 1 heterocycles. The highest BCUT2D eigenvalue weighted by Gasteiger charge is 2.49. The van der Waals surface area contributed by atoms with Crippen molar-refractivity contribution in [2.24, 2.45) is 0 Å². The molecule has 2 N–H and O–H groups in total. The van der Waals surface area contributed by atoms with Crippen LogP contribution in [-0.4, -0.2) is 35.3 Å². The summed E-state index contributed by atoms with van der Waals surface area (Å²) in [5.41, 5.74) is 1.89. The lowest BCUT2D eigenvalue weighted by molar-refractivity contribution is -0.135. The maximum absolute atomic E-state index is 13.1. The van der Waals surface area contributed by atoms with Gasteiger partial charge in [0.1, 0.15) is 12.1 Å². The molecule has 6 nitrogen and oxygen atoms in total. The zero-order valence-corrected chi connectivity index (χ0v) is 18.6. The molecule has 1 aliphatic heterocycles. The Hall–Kier alpha value is -3.15. The van der Waals surface area contributed by atoms with E-state index < -0.39 is 17.5 Å². The van der Waals surface area contributed by atoms with E-state index in [0.717, 1.165) is 23.3 Å². The third kappa shape index (κ3) is 5.13. The van der Waals surface area contributed by atoms with Gasteiger partial charge in [-0.2, -0.15) is 0 Å². The maximum Gasteiger partial charge on any atom is 0.325 e. The fourth-order valence-electron chi connectivity index (χ4n) is 3.80. The van der Waals surface area contributed by atoms with Crippen LogP contribution in [0.5, 0.6) is 0 Å². The van der Waals surface area contributed by atoms with Crippen molar-refractivity contribution in [3.63, 3.8) is 0 Å². The number of nitrogens with zero attached hydrogens (tertiary/aromatic N) is 1. The SMILES string of the molecule is CC(C)c1ccc([C@@]2(C)NC(=O)N(CC(=O)N[C@@H](C)CCc3ccccc3)C2=O)cc1. The molecule has 2 aromatic carbocycles. The zero-order valence-electron chi connectivity index (χ0n) is 18.6. The van der Waals surface area contributed by atoms with Gasteiger partial charge in [-0.25, -0.2) is 4.79 Å². The van der Waals surface area contributed by atoms with Crippen LogP contribution in [0.4, 0.5) is 4.79 Å². The standard InChI is InChI=1S/C25H31N3O3/c1-17(2)20-12-14-21(15-13-20)25(4)23(30)28(24(31)27-25)16-22(29)26-18(3)10-11-19-8-6-5-7-9-19/h5-9,12-15,17-18H,10-11,16H2,1-4H3,(H,26,29)(H,27,31)/t18-,25+/m0/s1. The molecule has 1 aliphatic rings. The number of nitrogens with one attached hydrogen (secondary N) is 2. The number of carbonyl (C=O) groups excluding carboxylic acids is 3. The Morgan fingerprint density at radius 2 is 1.68 bits per heavy atom. The summed E-state index contributed by atoms with van der Waals surface area (Å²) < 4.78 is 0. The summed E-state index contributed by atoms with van der Waals surface area (Å²) in [4.78, 5) is 39.0. The molecule has 0 radical (unpaired) electrons. The van der Waals surface area contributed by atoms with Crippen molar-refractivity contribution in [2.75, 3.05) is 6.54 Å². The number of rotatable bonds is 8. The number of hydrogen-bond acceptors (Lipinski definition) is 3. The number of hydrogen-bond donors (Lipinski definition) is 2. The quantitative estimate of drug-likeness (QED) is 0.638. The molecular formula is C25H31N3O3. The minimum Gasteiger partial charge on any atom is -0.352 e. The Morgan fingerprint density at radius 3 is 2.29 bits per heavy atom. The lowest BCUT2D eigenvalue weighted by Gasteiger charge is -2.23. The van der Waals surface area contributed by atoms with Crippen molar-refractivity contribution in [1.82, 2.24) is 15.5 Å². The average molecular weight is 422 g/mol. The van der Waals surface area contributed by atoms with Gasteiger partial charge in [-0.1, -0.05) is 68.4 Å². The van der Waals surface area contributed by atoms with Crippen molar-refractivity contribution in [3.05, 3.63) is 71.3 Å². The Morgan fingerprint density at radius 1 is 1.03 bits per heavy atom. The molecule has 0 aliphatic carbocycles. The summed E-state index contributed by atoms with van der Waals surface area (Å²) in [7, 11) is 0. The van der Waals surface area contributed by atoms with Crippen LogP contribution in [-0.2, 0) is 21.5 Å². The monoisotopic (exact) mass is 421 g/mol. The van der Waals surface area contributed by atoms with Crippen molar-refractivity contribution in [2.45, 2.75) is 58.0 Å². The van der Waals surface area contributed by atoms with Gasteiger partial charge in [0.2, 0.25) is 5.91 Å². The number of aryl methyl sites for hydroxylation is 1. The van der Waals surface area contributed by atoms with Gasteiger partial charge in [0.15, 0.2) is 0 Å². The van der Waals surface area contributed by atoms with E-state index in [2.05, 4.69) is 36.6 Å². The first-order chi connectivity index (χ1) is 14.7. The van der Waals surface area contributed by atoms with E-state index in [1.807, 2.05) is 49.4 Å². The number of carbonyl (C=O) groups is 3. The number of urea groups is 1. The average Bonchev–Trinajstić information content (AvgIpc) is 2.97. The third-order valence-electron chi connectivity index (χ3n) is 5.85. The van der Waals surface area contributed by atoms with E-state index in [4.69, 9.17) is 0 Å². The first-order valence-corrected chi connectivity index (χ1v) is 10.8. The second kappa shape index (κ2) is 9.33. The van der Waals surface area contributed by atoms with Gasteiger partial charge >= 0.3 is 6.03 Å². The molecule has 0 spiro atoms. The fraction of sp³-hybridized carbons (Fsp3) is 0.400. The highest BCUT2D eigenvalue weighted by atomic mass is 16.2. The van der Waals surface area contributed by atoms with E-state index in [0.29, 0.717) is 11.5 Å². The van der Waals surface area contributed by atoms with Crippen molar-refractivity contribution in [3.8, 4) is 0 Å². The Labute approximate surface area is 184 Å². The molecule has 31 heavy (non-hydrogen) atoms. The van der Waals surface area contributed by atoms with E-state index >= 15 is 0 Å². The summed E-state index contributed by atoms with van der Waals surface area (Å²) in [5.74, 6) is -0.384. The first-order valence-electron chi connectivity index (χ1n) is 10.8. The van der Waals surface area contributed by atoms with E-state index in [-0.39, 0.29) is 18.5 Å². The molecule has 6 heteroatoms. The smallest absolute Gasteiger partial charge is 0.325 e. The number of amides is 4. The minimum atomic E-state index is -1.17. The highest BCUT2D eigenvalue weighted by Crippen LogP contribution is 2.29. The Balaban J connectivity index is 1.59. The van der Waals surface area contributed by atoms with Crippen molar-refractivity contribution in [1.29, 1.82) is 0 Å². The van der Waals surface area contributed by atoms with Crippen LogP contribution in [0.15, 0.2) is 54.6 Å². The molecule has 0 aromatic heterocycles. The minimum absolute atomic E-state index is 0.0663. The summed E-state index contributed by atoms with van der Waals surface area (Å²) in [6.45, 7) is 7.51. The molecule has 1 fully saturated rings. The zero-order chi connectivity index (χ0) is 22.6. The lowest BCUT2D eigenvalue weighted by Crippen LogP contribution is -2.45. The van der Waals surface area contributed by atoms with Gasteiger partial charge in [-0.3, -0.25) is 14.5 Å². The van der Waals surface area contributed by atoms with E-state index in [9.17, 15) is 14.4 Å². The Bertz CT molecular complexity index is 940. The molecular weight excluding hydrogens is 390 g/mol. The largest absolute Gasteiger partial charge is 0.352 e. The second-order valence-electron chi connectivity index (χ2n) is 8.72. The molecule has 0 unspecified atom stereocenters. The summed E-state index contributed by atoms with van der Waals surface area (Å²) in [6.07, 6.45) is 1.62. The van der Waals surface area contributed by atoms with Crippen molar-refractivity contribution >= 4 is 17.8 Å². The van der Waals surface area contributed by atoms with Crippen LogP contribution in [0.25, 0.3) is 0 Å². The third-order valence-corrected chi connectivity index (χ3v) is 5.85. The summed E-state index contributed by atoms with van der Waals surface area (Å²) in [5, 5.41) is 5.65. The normalized spacial score (nSPS) is 19.5. The van der Waals surface area contributed by atoms with Crippen molar-refractivity contribution < 1.29 is 14.4 Å². The molecule has 0 bridgehead atoms. The van der Waals surface area contributed by atoms with Crippen LogP contribution < -0.4 is 10.6 Å². The van der Waals surface area contributed by atoms with Crippen LogP contribution in [0.2, 0.25) is 0 Å². The summed E-state index contributed by atoms with van der Waals surface area (Å²) in [6, 6.07) is 17.1. The molecule has 4 amide bonds. The van der Waals surface area contributed by atoms with E-state index in [1.54, 1.807) is 6.92 Å². The van der Waals surface area contributed by atoms with Crippen LogP contribution in [0.1, 0.15) is 56.7 Å².